The van der Waals surface area contributed by atoms with Crippen molar-refractivity contribution in [2.75, 3.05) is 20.8 Å². The van der Waals surface area contributed by atoms with Gasteiger partial charge in [-0.15, -0.1) is 0 Å². The third-order valence-corrected chi connectivity index (χ3v) is 5.17. The fraction of sp³-hybridized carbons (Fsp3) is 0.455. The largest absolute Gasteiger partial charge is 0.497 e. The highest BCUT2D eigenvalue weighted by Crippen LogP contribution is 2.27. The molecule has 1 saturated heterocycles. The van der Waals surface area contributed by atoms with Crippen LogP contribution in [0.4, 0.5) is 0 Å². The predicted octanol–water partition coefficient (Wildman–Crippen LogP) is 1.58. The quantitative estimate of drug-likeness (QED) is 0.841. The van der Waals surface area contributed by atoms with Gasteiger partial charge in [0.1, 0.15) is 5.75 Å². The highest BCUT2D eigenvalue weighted by atomic mass is 79.9. The molecule has 1 heterocycles. The summed E-state index contributed by atoms with van der Waals surface area (Å²) in [4.78, 5) is 0. The van der Waals surface area contributed by atoms with Crippen LogP contribution >= 0.6 is 15.9 Å². The maximum absolute atomic E-state index is 11.4. The minimum Gasteiger partial charge on any atom is -0.497 e. The smallest absolute Gasteiger partial charge is 0.338 e. The Morgan fingerprint density at radius 2 is 2.28 bits per heavy atom. The van der Waals surface area contributed by atoms with Crippen molar-refractivity contribution in [1.29, 1.82) is 0 Å². The number of nitrogens with zero attached hydrogens (tertiary/aromatic N) is 1. The molecule has 1 fully saturated rings. The Morgan fingerprint density at radius 3 is 2.78 bits per heavy atom. The van der Waals surface area contributed by atoms with Crippen LogP contribution in [-0.4, -0.2) is 39.5 Å². The topological polar surface area (TPSA) is 55.8 Å². The van der Waals surface area contributed by atoms with Crippen molar-refractivity contribution >= 4 is 26.2 Å². The molecule has 0 unspecified atom stereocenters. The maximum Gasteiger partial charge on any atom is 0.338 e. The van der Waals surface area contributed by atoms with Crippen molar-refractivity contribution in [2.24, 2.45) is 0 Å². The first kappa shape index (κ1) is 13.8. The number of halogens is 1. The summed E-state index contributed by atoms with van der Waals surface area (Å²) in [6.45, 7) is 0.192. The molecule has 0 N–H and O–H groups in total. The van der Waals surface area contributed by atoms with Gasteiger partial charge >= 0.3 is 10.3 Å². The summed E-state index contributed by atoms with van der Waals surface area (Å²) in [6.07, 6.45) is 0.598. The molecule has 2 rings (SSSR count). The molecule has 1 aliphatic rings. The molecule has 1 aliphatic heterocycles. The van der Waals surface area contributed by atoms with Gasteiger partial charge in [-0.1, -0.05) is 22.0 Å². The lowest BCUT2D eigenvalue weighted by Crippen LogP contribution is -2.31. The lowest BCUT2D eigenvalue weighted by Gasteiger charge is -2.16. The van der Waals surface area contributed by atoms with Crippen LogP contribution in [0.5, 0.6) is 5.75 Å². The first-order chi connectivity index (χ1) is 8.44. The van der Waals surface area contributed by atoms with Gasteiger partial charge in [0.2, 0.25) is 0 Å². The molecule has 0 amide bonds. The van der Waals surface area contributed by atoms with Crippen molar-refractivity contribution in [3.05, 3.63) is 28.2 Å². The Labute approximate surface area is 115 Å². The van der Waals surface area contributed by atoms with E-state index in [-0.39, 0.29) is 12.6 Å². The second-order valence-electron chi connectivity index (χ2n) is 4.07. The maximum atomic E-state index is 11.4. The Morgan fingerprint density at radius 1 is 1.56 bits per heavy atom. The van der Waals surface area contributed by atoms with E-state index < -0.39 is 10.3 Å². The van der Waals surface area contributed by atoms with Crippen molar-refractivity contribution in [2.45, 2.75) is 12.5 Å². The second-order valence-corrected chi connectivity index (χ2v) is 6.60. The van der Waals surface area contributed by atoms with E-state index in [1.54, 1.807) is 7.11 Å². The monoisotopic (exact) mass is 335 g/mol. The van der Waals surface area contributed by atoms with Gasteiger partial charge in [0, 0.05) is 11.5 Å². The molecular formula is C11H14BrNO4S. The highest BCUT2D eigenvalue weighted by molar-refractivity contribution is 9.10. The van der Waals surface area contributed by atoms with E-state index in [1.165, 1.54) is 11.4 Å². The average molecular weight is 336 g/mol. The third-order valence-electron chi connectivity index (χ3n) is 2.99. The molecule has 18 heavy (non-hydrogen) atoms. The second kappa shape index (κ2) is 5.16. The van der Waals surface area contributed by atoms with Gasteiger partial charge in [-0.3, -0.25) is 4.18 Å². The number of hydrogen-bond donors (Lipinski definition) is 0. The lowest BCUT2D eigenvalue weighted by atomic mass is 10.1. The van der Waals surface area contributed by atoms with Crippen LogP contribution in [-0.2, 0) is 20.9 Å². The normalized spacial score (nSPS) is 23.2. The fourth-order valence-electron chi connectivity index (χ4n) is 1.80. The molecule has 0 saturated carbocycles. The molecule has 0 aliphatic carbocycles. The van der Waals surface area contributed by atoms with Crippen LogP contribution in [0.3, 0.4) is 0 Å². The number of ether oxygens (including phenoxy) is 1. The average Bonchev–Trinajstić information content (AvgIpc) is 2.58. The SMILES string of the molecule is COc1ccc(C[C@@H]2COS(=O)(=O)N2C)c(Br)c1. The van der Waals surface area contributed by atoms with Crippen LogP contribution < -0.4 is 4.74 Å². The van der Waals surface area contributed by atoms with Crippen molar-refractivity contribution < 1.29 is 17.3 Å². The number of benzene rings is 1. The van der Waals surface area contributed by atoms with E-state index in [2.05, 4.69) is 15.9 Å². The molecule has 100 valence electrons. The molecule has 1 atom stereocenters. The van der Waals surface area contributed by atoms with E-state index in [1.807, 2.05) is 18.2 Å². The summed E-state index contributed by atoms with van der Waals surface area (Å²) in [5.41, 5.74) is 1.02. The predicted molar refractivity (Wildman–Crippen MR) is 70.8 cm³/mol. The van der Waals surface area contributed by atoms with Crippen molar-refractivity contribution in [3.63, 3.8) is 0 Å². The van der Waals surface area contributed by atoms with E-state index in [4.69, 9.17) is 8.92 Å². The summed E-state index contributed by atoms with van der Waals surface area (Å²) >= 11 is 3.45. The molecule has 5 nitrogen and oxygen atoms in total. The van der Waals surface area contributed by atoms with Gasteiger partial charge in [0.15, 0.2) is 0 Å². The zero-order chi connectivity index (χ0) is 13.3. The zero-order valence-corrected chi connectivity index (χ0v) is 12.5. The Hall–Kier alpha value is -0.630. The van der Waals surface area contributed by atoms with E-state index >= 15 is 0 Å². The van der Waals surface area contributed by atoms with Gasteiger partial charge < -0.3 is 4.74 Å². The molecule has 0 radical (unpaired) electrons. The number of rotatable bonds is 3. The Balaban J connectivity index is 2.16. The molecule has 1 aromatic carbocycles. The number of likely N-dealkylation sites (N-methyl/N-ethyl adjacent to an activating group) is 1. The summed E-state index contributed by atoms with van der Waals surface area (Å²) in [5.74, 6) is 0.759. The molecule has 0 aromatic heterocycles. The van der Waals surface area contributed by atoms with Crippen LogP contribution in [0.1, 0.15) is 5.56 Å². The van der Waals surface area contributed by atoms with Crippen molar-refractivity contribution in [3.8, 4) is 5.75 Å². The molecule has 7 heteroatoms. The molecule has 1 aromatic rings. The van der Waals surface area contributed by atoms with Crippen LogP contribution in [0.15, 0.2) is 22.7 Å². The van der Waals surface area contributed by atoms with Gasteiger partial charge in [-0.2, -0.15) is 12.7 Å². The standard InChI is InChI=1S/C11H14BrNO4S/c1-13-9(7-17-18(13,14)15)5-8-3-4-10(16-2)6-11(8)12/h3-4,6,9H,5,7H2,1-2H3/t9-/m1/s1. The Kier molecular flexibility index (Phi) is 3.96. The molecule has 0 bridgehead atoms. The van der Waals surface area contributed by atoms with E-state index in [9.17, 15) is 8.42 Å². The van der Waals surface area contributed by atoms with Crippen molar-refractivity contribution in [1.82, 2.24) is 4.31 Å². The minimum atomic E-state index is -3.53. The Bertz CT molecular complexity index is 546. The summed E-state index contributed by atoms with van der Waals surface area (Å²) in [6, 6.07) is 5.46. The van der Waals surface area contributed by atoms with Crippen LogP contribution in [0.25, 0.3) is 0 Å². The van der Waals surface area contributed by atoms with Gasteiger partial charge in [-0.05, 0) is 24.1 Å². The number of methoxy groups -OCH3 is 1. The first-order valence-corrected chi connectivity index (χ1v) is 7.54. The highest BCUT2D eigenvalue weighted by Gasteiger charge is 2.35. The van der Waals surface area contributed by atoms with E-state index in [0.29, 0.717) is 6.42 Å². The lowest BCUT2D eigenvalue weighted by molar-refractivity contribution is 0.321. The summed E-state index contributed by atoms with van der Waals surface area (Å²) < 4.78 is 34.9. The molecule has 0 spiro atoms. The third kappa shape index (κ3) is 2.69. The summed E-state index contributed by atoms with van der Waals surface area (Å²) in [7, 11) is -0.391. The van der Waals surface area contributed by atoms with Gasteiger partial charge in [-0.25, -0.2) is 0 Å². The van der Waals surface area contributed by atoms with E-state index in [0.717, 1.165) is 15.8 Å². The first-order valence-electron chi connectivity index (χ1n) is 5.39. The van der Waals surface area contributed by atoms with Gasteiger partial charge in [0.05, 0.1) is 19.8 Å². The minimum absolute atomic E-state index is 0.167. The zero-order valence-electron chi connectivity index (χ0n) is 10.1. The van der Waals surface area contributed by atoms with Gasteiger partial charge in [0.25, 0.3) is 0 Å². The van der Waals surface area contributed by atoms with Crippen LogP contribution in [0, 0.1) is 0 Å². The molecular weight excluding hydrogens is 322 g/mol. The fourth-order valence-corrected chi connectivity index (χ4v) is 3.31. The summed E-state index contributed by atoms with van der Waals surface area (Å²) in [5, 5.41) is 0. The van der Waals surface area contributed by atoms with Crippen LogP contribution in [0.2, 0.25) is 0 Å². The number of hydrogen-bond acceptors (Lipinski definition) is 4.